The van der Waals surface area contributed by atoms with Gasteiger partial charge in [-0.3, -0.25) is 4.79 Å². The molecule has 0 aromatic heterocycles. The second-order valence-corrected chi connectivity index (χ2v) is 8.22. The fraction of sp³-hybridized carbons (Fsp3) is 0.950. The van der Waals surface area contributed by atoms with Gasteiger partial charge in [0.15, 0.2) is 6.29 Å². The minimum absolute atomic E-state index is 0.108. The summed E-state index contributed by atoms with van der Waals surface area (Å²) in [5.74, 6) is -2.87. The van der Waals surface area contributed by atoms with Crippen molar-refractivity contribution in [3.05, 3.63) is 0 Å². The first-order valence-corrected chi connectivity index (χ1v) is 11.0. The van der Waals surface area contributed by atoms with Crippen molar-refractivity contribution in [2.24, 2.45) is 0 Å². The number of aliphatic hydroxyl groups is 7. The zero-order chi connectivity index (χ0) is 23.9. The number of carbonyl (C=O) groups excluding carboxylic acids is 1. The highest BCUT2D eigenvalue weighted by Crippen LogP contribution is 2.37. The van der Waals surface area contributed by atoms with Gasteiger partial charge in [-0.1, -0.05) is 32.6 Å². The standard InChI is InChI=1S/C20H36O12/c1-2-3-4-5-6-7-13(23)29-10-20(18(27)15(25)12(9-22)31-20)32-17-16(26)14(24)11(8-21)30-19(17)28/h11-12,14-19,21-22,24-28H,2-10H2,1H3/t11-,12-,14-,15-,16+,17-,18+,19+,20+/m1/s1. The van der Waals surface area contributed by atoms with Crippen LogP contribution in [0.1, 0.15) is 45.4 Å². The van der Waals surface area contributed by atoms with Gasteiger partial charge in [0.2, 0.25) is 5.79 Å². The van der Waals surface area contributed by atoms with E-state index in [-0.39, 0.29) is 6.42 Å². The Kier molecular flexibility index (Phi) is 10.7. The van der Waals surface area contributed by atoms with E-state index < -0.39 is 80.6 Å². The summed E-state index contributed by atoms with van der Waals surface area (Å²) >= 11 is 0. The number of rotatable bonds is 12. The maximum Gasteiger partial charge on any atom is 0.305 e. The van der Waals surface area contributed by atoms with Gasteiger partial charge in [-0.2, -0.15) is 0 Å². The van der Waals surface area contributed by atoms with Crippen LogP contribution in [-0.2, 0) is 23.7 Å². The molecule has 0 amide bonds. The van der Waals surface area contributed by atoms with Gasteiger partial charge in [0.05, 0.1) is 13.2 Å². The Labute approximate surface area is 186 Å². The molecule has 9 atom stereocenters. The Morgan fingerprint density at radius 3 is 2.16 bits per heavy atom. The summed E-state index contributed by atoms with van der Waals surface area (Å²) in [6, 6.07) is 0. The van der Waals surface area contributed by atoms with E-state index in [2.05, 4.69) is 6.92 Å². The van der Waals surface area contributed by atoms with Gasteiger partial charge in [-0.15, -0.1) is 0 Å². The summed E-state index contributed by atoms with van der Waals surface area (Å²) in [5.41, 5.74) is 0. The van der Waals surface area contributed by atoms with Crippen LogP contribution in [0.2, 0.25) is 0 Å². The Morgan fingerprint density at radius 2 is 1.56 bits per heavy atom. The quantitative estimate of drug-likeness (QED) is 0.118. The molecule has 188 valence electrons. The van der Waals surface area contributed by atoms with Crippen molar-refractivity contribution in [2.45, 2.75) is 100 Å². The Hall–Kier alpha value is -0.930. The van der Waals surface area contributed by atoms with E-state index in [0.717, 1.165) is 25.7 Å². The van der Waals surface area contributed by atoms with Gasteiger partial charge in [0.25, 0.3) is 0 Å². The molecule has 0 radical (unpaired) electrons. The van der Waals surface area contributed by atoms with E-state index >= 15 is 0 Å². The average molecular weight is 468 g/mol. The van der Waals surface area contributed by atoms with Crippen molar-refractivity contribution in [1.29, 1.82) is 0 Å². The maximum atomic E-state index is 12.2. The third-order valence-corrected chi connectivity index (χ3v) is 5.78. The molecule has 0 saturated carbocycles. The van der Waals surface area contributed by atoms with Crippen LogP contribution in [0, 0.1) is 0 Å². The zero-order valence-electron chi connectivity index (χ0n) is 18.2. The van der Waals surface area contributed by atoms with Crippen LogP contribution in [0.15, 0.2) is 0 Å². The van der Waals surface area contributed by atoms with E-state index in [0.29, 0.717) is 6.42 Å². The topological polar surface area (TPSA) is 196 Å². The van der Waals surface area contributed by atoms with Crippen molar-refractivity contribution in [3.63, 3.8) is 0 Å². The van der Waals surface area contributed by atoms with E-state index in [1.807, 2.05) is 0 Å². The van der Waals surface area contributed by atoms with Crippen LogP contribution in [0.25, 0.3) is 0 Å². The maximum absolute atomic E-state index is 12.2. The second kappa shape index (κ2) is 12.5. The molecule has 7 N–H and O–H groups in total. The lowest BCUT2D eigenvalue weighted by Gasteiger charge is -2.43. The molecule has 12 heteroatoms. The molecule has 0 aromatic carbocycles. The van der Waals surface area contributed by atoms with Crippen LogP contribution in [0.3, 0.4) is 0 Å². The van der Waals surface area contributed by atoms with Crippen molar-refractivity contribution in [1.82, 2.24) is 0 Å². The normalized spacial score (nSPS) is 39.9. The predicted octanol–water partition coefficient (Wildman–Crippen LogP) is -2.48. The van der Waals surface area contributed by atoms with Crippen LogP contribution in [-0.4, -0.2) is 116 Å². The van der Waals surface area contributed by atoms with Crippen LogP contribution >= 0.6 is 0 Å². The Bertz CT molecular complexity index is 577. The molecule has 12 nitrogen and oxygen atoms in total. The predicted molar refractivity (Wildman–Crippen MR) is 106 cm³/mol. The third kappa shape index (κ3) is 6.35. The largest absolute Gasteiger partial charge is 0.460 e. The molecular weight excluding hydrogens is 432 g/mol. The number of carbonyl (C=O) groups is 1. The molecule has 0 aliphatic carbocycles. The fourth-order valence-electron chi connectivity index (χ4n) is 3.81. The summed E-state index contributed by atoms with van der Waals surface area (Å²) in [7, 11) is 0. The summed E-state index contributed by atoms with van der Waals surface area (Å²) in [6.45, 7) is -0.0303. The molecule has 0 aromatic rings. The molecule has 0 spiro atoms. The average Bonchev–Trinajstić information content (AvgIpc) is 3.02. The molecule has 2 heterocycles. The highest BCUT2D eigenvalue weighted by molar-refractivity contribution is 5.69. The highest BCUT2D eigenvalue weighted by atomic mass is 16.8. The first-order valence-electron chi connectivity index (χ1n) is 11.0. The van der Waals surface area contributed by atoms with Crippen LogP contribution in [0.5, 0.6) is 0 Å². The van der Waals surface area contributed by atoms with Crippen molar-refractivity contribution < 1.29 is 59.5 Å². The van der Waals surface area contributed by atoms with Gasteiger partial charge < -0.3 is 54.7 Å². The number of aliphatic hydroxyl groups excluding tert-OH is 7. The summed E-state index contributed by atoms with van der Waals surface area (Å²) < 4.78 is 21.2. The van der Waals surface area contributed by atoms with Crippen molar-refractivity contribution in [3.8, 4) is 0 Å². The SMILES string of the molecule is CCCCCCCC(=O)OC[C@@]1(O[C@@H]2[C@@H](O)[C@H](O)[C@@H](CO)O[C@@H]2O)O[C@H](CO)[C@@H](O)[C@@H]1O. The number of esters is 1. The van der Waals surface area contributed by atoms with E-state index in [9.17, 15) is 40.5 Å². The third-order valence-electron chi connectivity index (χ3n) is 5.78. The van der Waals surface area contributed by atoms with E-state index in [1.54, 1.807) is 0 Å². The first-order chi connectivity index (χ1) is 15.2. The highest BCUT2D eigenvalue weighted by Gasteiger charge is 2.59. The molecule has 2 saturated heterocycles. The molecule has 2 rings (SSSR count). The van der Waals surface area contributed by atoms with Crippen molar-refractivity contribution >= 4 is 5.97 Å². The van der Waals surface area contributed by atoms with Gasteiger partial charge in [0.1, 0.15) is 49.3 Å². The lowest BCUT2D eigenvalue weighted by atomic mass is 9.98. The fourth-order valence-corrected chi connectivity index (χ4v) is 3.81. The minimum atomic E-state index is -2.26. The second-order valence-electron chi connectivity index (χ2n) is 8.22. The Balaban J connectivity index is 2.09. The lowest BCUT2D eigenvalue weighted by molar-refractivity contribution is -0.366. The Morgan fingerprint density at radius 1 is 0.906 bits per heavy atom. The molecule has 32 heavy (non-hydrogen) atoms. The van der Waals surface area contributed by atoms with Crippen molar-refractivity contribution in [2.75, 3.05) is 19.8 Å². The number of hydrogen-bond acceptors (Lipinski definition) is 12. The van der Waals surface area contributed by atoms with E-state index in [1.165, 1.54) is 0 Å². The van der Waals surface area contributed by atoms with Crippen LogP contribution in [0.4, 0.5) is 0 Å². The molecule has 2 fully saturated rings. The minimum Gasteiger partial charge on any atom is -0.460 e. The van der Waals surface area contributed by atoms with Gasteiger partial charge >= 0.3 is 5.97 Å². The number of unbranched alkanes of at least 4 members (excludes halogenated alkanes) is 4. The smallest absolute Gasteiger partial charge is 0.305 e. The summed E-state index contributed by atoms with van der Waals surface area (Å²) in [6.07, 6.45) is -8.35. The van der Waals surface area contributed by atoms with Crippen LogP contribution < -0.4 is 0 Å². The molecular formula is C20H36O12. The molecule has 0 unspecified atom stereocenters. The summed E-state index contributed by atoms with van der Waals surface area (Å²) in [4.78, 5) is 12.2. The first kappa shape index (κ1) is 27.3. The molecule has 2 aliphatic rings. The van der Waals surface area contributed by atoms with Gasteiger partial charge in [-0.05, 0) is 6.42 Å². The molecule has 0 bridgehead atoms. The monoisotopic (exact) mass is 468 g/mol. The van der Waals surface area contributed by atoms with Gasteiger partial charge in [0, 0.05) is 6.42 Å². The lowest BCUT2D eigenvalue weighted by Crippen LogP contribution is -2.63. The summed E-state index contributed by atoms with van der Waals surface area (Å²) in [5, 5.41) is 69.9. The zero-order valence-corrected chi connectivity index (χ0v) is 18.2. The van der Waals surface area contributed by atoms with Gasteiger partial charge in [-0.25, -0.2) is 0 Å². The number of hydrogen-bond donors (Lipinski definition) is 7. The number of ether oxygens (including phenoxy) is 4. The van der Waals surface area contributed by atoms with E-state index in [4.69, 9.17) is 18.9 Å². The molecule has 2 aliphatic heterocycles.